The largest absolute Gasteiger partial charge is 0.480 e. The molecule has 1 aromatic carbocycles. The summed E-state index contributed by atoms with van der Waals surface area (Å²) in [6, 6.07) is 5.93. The molecule has 0 atom stereocenters. The number of aromatic nitrogens is 2. The first-order valence-corrected chi connectivity index (χ1v) is 6.76. The van der Waals surface area contributed by atoms with Crippen molar-refractivity contribution in [3.05, 3.63) is 30.1 Å². The molecule has 0 unspecified atom stereocenters. The molecule has 0 saturated heterocycles. The van der Waals surface area contributed by atoms with Gasteiger partial charge >= 0.3 is 12.1 Å². The molecule has 0 aliphatic heterocycles. The minimum absolute atomic E-state index is 0.0825. The van der Waals surface area contributed by atoms with Crippen molar-refractivity contribution in [3.8, 4) is 0 Å². The standard InChI is InChI=1S/C14H14F3N3O3/c1-2-19(8-12(22)23)11(21)7-20-10-6-4-3-5-9(10)18-13(20)14(15,16)17/h3-6H,2,7-8H2,1H3,(H,22,23). The molecular formula is C14H14F3N3O3. The number of hydrogen-bond donors (Lipinski definition) is 1. The van der Waals surface area contributed by atoms with E-state index in [1.54, 1.807) is 19.1 Å². The van der Waals surface area contributed by atoms with E-state index in [-0.39, 0.29) is 17.6 Å². The zero-order valence-corrected chi connectivity index (χ0v) is 12.2. The minimum atomic E-state index is -4.72. The van der Waals surface area contributed by atoms with Crippen LogP contribution >= 0.6 is 0 Å². The molecule has 1 N–H and O–H groups in total. The summed E-state index contributed by atoms with van der Waals surface area (Å²) in [5.74, 6) is -3.13. The number of nitrogens with zero attached hydrogens (tertiary/aromatic N) is 3. The molecule has 124 valence electrons. The van der Waals surface area contributed by atoms with Gasteiger partial charge in [0.25, 0.3) is 0 Å². The molecule has 0 fully saturated rings. The van der Waals surface area contributed by atoms with Gasteiger partial charge in [0.15, 0.2) is 0 Å². The van der Waals surface area contributed by atoms with Gasteiger partial charge in [0.1, 0.15) is 13.1 Å². The van der Waals surface area contributed by atoms with E-state index >= 15 is 0 Å². The lowest BCUT2D eigenvalue weighted by molar-refractivity contribution is -0.149. The number of fused-ring (bicyclic) bond motifs is 1. The predicted octanol–water partition coefficient (Wildman–Crippen LogP) is 1.99. The summed E-state index contributed by atoms with van der Waals surface area (Å²) in [7, 11) is 0. The van der Waals surface area contributed by atoms with E-state index in [0.717, 1.165) is 9.47 Å². The summed E-state index contributed by atoms with van der Waals surface area (Å²) < 4.78 is 40.1. The lowest BCUT2D eigenvalue weighted by Crippen LogP contribution is -2.38. The first kappa shape index (κ1) is 16.8. The number of carbonyl (C=O) groups excluding carboxylic acids is 1. The number of carboxylic acids is 1. The quantitative estimate of drug-likeness (QED) is 0.910. The molecule has 0 bridgehead atoms. The molecule has 0 saturated carbocycles. The number of amides is 1. The zero-order valence-electron chi connectivity index (χ0n) is 12.2. The number of halogens is 3. The van der Waals surface area contributed by atoms with Gasteiger partial charge in [-0.15, -0.1) is 0 Å². The van der Waals surface area contributed by atoms with Crippen molar-refractivity contribution in [2.24, 2.45) is 0 Å². The molecule has 1 aromatic heterocycles. The maximum atomic E-state index is 13.1. The molecule has 1 heterocycles. The molecule has 2 aromatic rings. The van der Waals surface area contributed by atoms with Crippen molar-refractivity contribution in [2.45, 2.75) is 19.6 Å². The Morgan fingerprint density at radius 1 is 1.30 bits per heavy atom. The molecule has 23 heavy (non-hydrogen) atoms. The van der Waals surface area contributed by atoms with Gasteiger partial charge in [0.2, 0.25) is 11.7 Å². The van der Waals surface area contributed by atoms with Crippen LogP contribution in [0.3, 0.4) is 0 Å². The number of carbonyl (C=O) groups is 2. The Kier molecular flexibility index (Phi) is 4.57. The molecular weight excluding hydrogens is 315 g/mol. The fourth-order valence-electron chi connectivity index (χ4n) is 2.23. The van der Waals surface area contributed by atoms with E-state index in [1.807, 2.05) is 0 Å². The lowest BCUT2D eigenvalue weighted by Gasteiger charge is -2.20. The Labute approximate surface area is 129 Å². The maximum absolute atomic E-state index is 13.1. The van der Waals surface area contributed by atoms with Crippen LogP contribution in [0, 0.1) is 0 Å². The van der Waals surface area contributed by atoms with Crippen LogP contribution in [0.5, 0.6) is 0 Å². The zero-order chi connectivity index (χ0) is 17.2. The first-order valence-electron chi connectivity index (χ1n) is 6.76. The number of imidazole rings is 1. The SMILES string of the molecule is CCN(CC(=O)O)C(=O)Cn1c(C(F)(F)F)nc2ccccc21. The van der Waals surface area contributed by atoms with Crippen LogP contribution in [-0.2, 0) is 22.3 Å². The summed E-state index contributed by atoms with van der Waals surface area (Å²) in [6.45, 7) is 0.441. The fraction of sp³-hybridized carbons (Fsp3) is 0.357. The van der Waals surface area contributed by atoms with Crippen molar-refractivity contribution >= 4 is 22.9 Å². The van der Waals surface area contributed by atoms with Crippen LogP contribution in [0.2, 0.25) is 0 Å². The third-order valence-corrected chi connectivity index (χ3v) is 3.26. The average Bonchev–Trinajstić information content (AvgIpc) is 2.83. The second-order valence-corrected chi connectivity index (χ2v) is 4.81. The van der Waals surface area contributed by atoms with Gasteiger partial charge in [-0.25, -0.2) is 4.98 Å². The Morgan fingerprint density at radius 3 is 2.52 bits per heavy atom. The molecule has 9 heteroatoms. The van der Waals surface area contributed by atoms with Crippen molar-refractivity contribution in [1.29, 1.82) is 0 Å². The Morgan fingerprint density at radius 2 is 1.96 bits per heavy atom. The summed E-state index contributed by atoms with van der Waals surface area (Å²) in [6.07, 6.45) is -4.72. The summed E-state index contributed by atoms with van der Waals surface area (Å²) in [5.41, 5.74) is 0.286. The molecule has 0 spiro atoms. The highest BCUT2D eigenvalue weighted by atomic mass is 19.4. The lowest BCUT2D eigenvalue weighted by atomic mass is 10.3. The van der Waals surface area contributed by atoms with Crippen LogP contribution < -0.4 is 0 Å². The second kappa shape index (κ2) is 6.27. The summed E-state index contributed by atoms with van der Waals surface area (Å²) in [4.78, 5) is 27.4. The topological polar surface area (TPSA) is 75.4 Å². The number of benzene rings is 1. The van der Waals surface area contributed by atoms with Gasteiger partial charge < -0.3 is 14.6 Å². The van der Waals surface area contributed by atoms with E-state index in [9.17, 15) is 22.8 Å². The van der Waals surface area contributed by atoms with Crippen LogP contribution in [0.1, 0.15) is 12.7 Å². The summed E-state index contributed by atoms with van der Waals surface area (Å²) in [5, 5.41) is 8.75. The van der Waals surface area contributed by atoms with Gasteiger partial charge in [0.05, 0.1) is 11.0 Å². The van der Waals surface area contributed by atoms with E-state index < -0.39 is 37.0 Å². The van der Waals surface area contributed by atoms with Crippen LogP contribution in [0.15, 0.2) is 24.3 Å². The Hall–Kier alpha value is -2.58. The maximum Gasteiger partial charge on any atom is 0.449 e. The van der Waals surface area contributed by atoms with Gasteiger partial charge in [-0.1, -0.05) is 12.1 Å². The van der Waals surface area contributed by atoms with Crippen molar-refractivity contribution < 1.29 is 27.9 Å². The first-order chi connectivity index (χ1) is 10.7. The molecule has 0 radical (unpaired) electrons. The summed E-state index contributed by atoms with van der Waals surface area (Å²) >= 11 is 0. The number of hydrogen-bond acceptors (Lipinski definition) is 3. The predicted molar refractivity (Wildman–Crippen MR) is 74.6 cm³/mol. The highest BCUT2D eigenvalue weighted by molar-refractivity contribution is 5.83. The van der Waals surface area contributed by atoms with Gasteiger partial charge in [-0.05, 0) is 19.1 Å². The third-order valence-electron chi connectivity index (χ3n) is 3.26. The van der Waals surface area contributed by atoms with Crippen LogP contribution in [-0.4, -0.2) is 44.5 Å². The number of aliphatic carboxylic acids is 1. The van der Waals surface area contributed by atoms with Gasteiger partial charge in [0, 0.05) is 6.54 Å². The van der Waals surface area contributed by atoms with Gasteiger partial charge in [-0.3, -0.25) is 9.59 Å². The Balaban J connectivity index is 2.42. The van der Waals surface area contributed by atoms with E-state index in [4.69, 9.17) is 5.11 Å². The van der Waals surface area contributed by atoms with Crippen molar-refractivity contribution in [1.82, 2.24) is 14.5 Å². The molecule has 1 amide bonds. The molecule has 2 rings (SSSR count). The van der Waals surface area contributed by atoms with E-state index in [2.05, 4.69) is 4.98 Å². The fourth-order valence-corrected chi connectivity index (χ4v) is 2.23. The molecule has 0 aliphatic carbocycles. The number of rotatable bonds is 5. The number of alkyl halides is 3. The average molecular weight is 329 g/mol. The van der Waals surface area contributed by atoms with E-state index in [0.29, 0.717) is 0 Å². The number of para-hydroxylation sites is 2. The minimum Gasteiger partial charge on any atom is -0.480 e. The van der Waals surface area contributed by atoms with Gasteiger partial charge in [-0.2, -0.15) is 13.2 Å². The van der Waals surface area contributed by atoms with E-state index in [1.165, 1.54) is 12.1 Å². The molecule has 0 aliphatic rings. The smallest absolute Gasteiger partial charge is 0.449 e. The van der Waals surface area contributed by atoms with Crippen molar-refractivity contribution in [3.63, 3.8) is 0 Å². The normalized spacial score (nSPS) is 11.7. The third kappa shape index (κ3) is 3.61. The molecule has 6 nitrogen and oxygen atoms in total. The Bertz CT molecular complexity index is 740. The second-order valence-electron chi connectivity index (χ2n) is 4.81. The highest BCUT2D eigenvalue weighted by Gasteiger charge is 2.38. The van der Waals surface area contributed by atoms with Crippen LogP contribution in [0.4, 0.5) is 13.2 Å². The monoisotopic (exact) mass is 329 g/mol. The highest BCUT2D eigenvalue weighted by Crippen LogP contribution is 2.31. The van der Waals surface area contributed by atoms with Crippen LogP contribution in [0.25, 0.3) is 11.0 Å². The number of likely N-dealkylation sites (N-methyl/N-ethyl adjacent to an activating group) is 1. The number of carboxylic acid groups (broad SMARTS) is 1. The van der Waals surface area contributed by atoms with Crippen molar-refractivity contribution in [2.75, 3.05) is 13.1 Å².